The largest absolute Gasteiger partial charge is 0.323 e. The van der Waals surface area contributed by atoms with Crippen LogP contribution in [0.25, 0.3) is 10.8 Å². The van der Waals surface area contributed by atoms with Gasteiger partial charge in [-0.3, -0.25) is 0 Å². The van der Waals surface area contributed by atoms with E-state index in [1.54, 1.807) is 0 Å². The van der Waals surface area contributed by atoms with Crippen LogP contribution in [0.3, 0.4) is 0 Å². The first kappa shape index (κ1) is 14.6. The maximum atomic E-state index is 6.54. The summed E-state index contributed by atoms with van der Waals surface area (Å²) in [5.74, 6) is 0.860. The van der Waals surface area contributed by atoms with Crippen LogP contribution in [-0.2, 0) is 0 Å². The Hall–Kier alpha value is -1.38. The second kappa shape index (κ2) is 6.59. The minimum absolute atomic E-state index is 0.103. The highest BCUT2D eigenvalue weighted by molar-refractivity contribution is 5.86. The lowest BCUT2D eigenvalue weighted by molar-refractivity contribution is 0.163. The van der Waals surface area contributed by atoms with Crippen molar-refractivity contribution in [3.63, 3.8) is 0 Å². The molecule has 2 aromatic rings. The molecule has 2 nitrogen and oxygen atoms in total. The Bertz CT molecular complexity index is 588. The third-order valence-corrected chi connectivity index (χ3v) is 4.86. The van der Waals surface area contributed by atoms with Gasteiger partial charge < -0.3 is 10.6 Å². The smallest absolute Gasteiger partial charge is 0.0430 e. The van der Waals surface area contributed by atoms with Gasteiger partial charge in [0.1, 0.15) is 0 Å². The molecule has 3 rings (SSSR count). The van der Waals surface area contributed by atoms with Gasteiger partial charge in [-0.2, -0.15) is 0 Å². The van der Waals surface area contributed by atoms with Gasteiger partial charge in [0.15, 0.2) is 0 Å². The van der Waals surface area contributed by atoms with Crippen LogP contribution in [0.4, 0.5) is 0 Å². The lowest BCUT2D eigenvalue weighted by atomic mass is 9.94. The van der Waals surface area contributed by atoms with E-state index in [4.69, 9.17) is 5.73 Å². The third kappa shape index (κ3) is 3.28. The van der Waals surface area contributed by atoms with Crippen LogP contribution in [0.15, 0.2) is 42.5 Å². The highest BCUT2D eigenvalue weighted by atomic mass is 15.1. The first-order chi connectivity index (χ1) is 10.3. The van der Waals surface area contributed by atoms with Crippen molar-refractivity contribution in [3.8, 4) is 0 Å². The van der Waals surface area contributed by atoms with Crippen LogP contribution < -0.4 is 5.73 Å². The summed E-state index contributed by atoms with van der Waals surface area (Å²) >= 11 is 0. The highest BCUT2D eigenvalue weighted by Crippen LogP contribution is 2.25. The van der Waals surface area contributed by atoms with Gasteiger partial charge in [-0.1, -0.05) is 55.8 Å². The topological polar surface area (TPSA) is 29.3 Å². The molecule has 2 N–H and O–H groups in total. The fourth-order valence-corrected chi connectivity index (χ4v) is 3.60. The van der Waals surface area contributed by atoms with E-state index in [9.17, 15) is 0 Å². The Morgan fingerprint density at radius 2 is 2.00 bits per heavy atom. The fourth-order valence-electron chi connectivity index (χ4n) is 3.60. The number of benzene rings is 2. The van der Waals surface area contributed by atoms with Crippen molar-refractivity contribution in [2.45, 2.75) is 32.2 Å². The molecule has 0 aliphatic carbocycles. The number of likely N-dealkylation sites (tertiary alicyclic amines) is 1. The molecule has 0 radical (unpaired) electrons. The first-order valence-electron chi connectivity index (χ1n) is 8.23. The van der Waals surface area contributed by atoms with E-state index in [-0.39, 0.29) is 6.04 Å². The van der Waals surface area contributed by atoms with Gasteiger partial charge >= 0.3 is 0 Å². The van der Waals surface area contributed by atoms with Gasteiger partial charge in [0.05, 0.1) is 0 Å². The zero-order valence-electron chi connectivity index (χ0n) is 13.0. The van der Waals surface area contributed by atoms with Crippen LogP contribution in [0.1, 0.15) is 37.8 Å². The monoisotopic (exact) mass is 282 g/mol. The Kier molecular flexibility index (Phi) is 4.57. The zero-order chi connectivity index (χ0) is 14.7. The van der Waals surface area contributed by atoms with Crippen molar-refractivity contribution in [2.24, 2.45) is 11.7 Å². The van der Waals surface area contributed by atoms with Gasteiger partial charge in [-0.05, 0) is 41.6 Å². The van der Waals surface area contributed by atoms with Gasteiger partial charge in [-0.25, -0.2) is 0 Å². The molecule has 0 spiro atoms. The molecule has 1 aliphatic heterocycles. The standard InChI is InChI=1S/C19H26N2/c1-2-15-7-6-12-21(13-15)14-19(20)18-11-5-9-16-8-3-4-10-17(16)18/h3-5,8-11,15,19H,2,6-7,12-14,20H2,1H3. The van der Waals surface area contributed by atoms with E-state index in [2.05, 4.69) is 54.3 Å². The maximum absolute atomic E-state index is 6.54. The lowest BCUT2D eigenvalue weighted by Crippen LogP contribution is -2.39. The number of rotatable bonds is 4. The summed E-state index contributed by atoms with van der Waals surface area (Å²) in [6.07, 6.45) is 4.00. The molecule has 21 heavy (non-hydrogen) atoms. The van der Waals surface area contributed by atoms with Crippen LogP contribution in [-0.4, -0.2) is 24.5 Å². The predicted molar refractivity (Wildman–Crippen MR) is 90.3 cm³/mol. The van der Waals surface area contributed by atoms with Crippen LogP contribution in [0.5, 0.6) is 0 Å². The van der Waals surface area contributed by atoms with Gasteiger partial charge in [0, 0.05) is 19.1 Å². The number of fused-ring (bicyclic) bond motifs is 1. The van der Waals surface area contributed by atoms with Crippen molar-refractivity contribution in [1.29, 1.82) is 0 Å². The van der Waals surface area contributed by atoms with Crippen LogP contribution in [0.2, 0.25) is 0 Å². The minimum atomic E-state index is 0.103. The van der Waals surface area contributed by atoms with Crippen molar-refractivity contribution >= 4 is 10.8 Å². The maximum Gasteiger partial charge on any atom is 0.0430 e. The van der Waals surface area contributed by atoms with E-state index < -0.39 is 0 Å². The van der Waals surface area contributed by atoms with E-state index in [0.717, 1.165) is 12.5 Å². The normalized spacial score (nSPS) is 21.5. The molecule has 1 fully saturated rings. The average molecular weight is 282 g/mol. The van der Waals surface area contributed by atoms with Crippen molar-refractivity contribution in [2.75, 3.05) is 19.6 Å². The van der Waals surface area contributed by atoms with E-state index in [0.29, 0.717) is 0 Å². The summed E-state index contributed by atoms with van der Waals surface area (Å²) in [4.78, 5) is 2.56. The molecule has 0 bridgehead atoms. The van der Waals surface area contributed by atoms with E-state index >= 15 is 0 Å². The van der Waals surface area contributed by atoms with Gasteiger partial charge in [0.25, 0.3) is 0 Å². The third-order valence-electron chi connectivity index (χ3n) is 4.86. The van der Waals surface area contributed by atoms with Crippen LogP contribution >= 0.6 is 0 Å². The van der Waals surface area contributed by atoms with Crippen molar-refractivity contribution in [3.05, 3.63) is 48.0 Å². The molecule has 0 saturated carbocycles. The Morgan fingerprint density at radius 3 is 2.86 bits per heavy atom. The second-order valence-electron chi connectivity index (χ2n) is 6.35. The molecular formula is C19H26N2. The number of piperidine rings is 1. The molecule has 2 atom stereocenters. The molecule has 1 aliphatic rings. The Labute approximate surface area is 127 Å². The quantitative estimate of drug-likeness (QED) is 0.919. The summed E-state index contributed by atoms with van der Waals surface area (Å²) in [5, 5.41) is 2.59. The summed E-state index contributed by atoms with van der Waals surface area (Å²) in [6, 6.07) is 15.1. The summed E-state index contributed by atoms with van der Waals surface area (Å²) in [7, 11) is 0. The molecular weight excluding hydrogens is 256 g/mol. The number of nitrogens with two attached hydrogens (primary N) is 1. The Morgan fingerprint density at radius 1 is 1.19 bits per heavy atom. The summed E-state index contributed by atoms with van der Waals surface area (Å²) < 4.78 is 0. The highest BCUT2D eigenvalue weighted by Gasteiger charge is 2.21. The van der Waals surface area contributed by atoms with Crippen molar-refractivity contribution < 1.29 is 0 Å². The van der Waals surface area contributed by atoms with E-state index in [1.807, 2.05) is 0 Å². The number of hydrogen-bond acceptors (Lipinski definition) is 2. The lowest BCUT2D eigenvalue weighted by Gasteiger charge is -2.34. The number of nitrogens with zero attached hydrogens (tertiary/aromatic N) is 1. The molecule has 1 saturated heterocycles. The van der Waals surface area contributed by atoms with Crippen molar-refractivity contribution in [1.82, 2.24) is 4.90 Å². The molecule has 2 unspecified atom stereocenters. The molecule has 1 heterocycles. The number of hydrogen-bond donors (Lipinski definition) is 1. The minimum Gasteiger partial charge on any atom is -0.323 e. The Balaban J connectivity index is 1.76. The van der Waals surface area contributed by atoms with E-state index in [1.165, 1.54) is 48.7 Å². The molecule has 0 aromatic heterocycles. The fraction of sp³-hybridized carbons (Fsp3) is 0.474. The molecule has 2 heteroatoms. The second-order valence-corrected chi connectivity index (χ2v) is 6.35. The van der Waals surface area contributed by atoms with Gasteiger partial charge in [-0.15, -0.1) is 0 Å². The molecule has 112 valence electrons. The SMILES string of the molecule is CCC1CCCN(CC(N)c2cccc3ccccc23)C1. The first-order valence-corrected chi connectivity index (χ1v) is 8.23. The predicted octanol–water partition coefficient (Wildman–Crippen LogP) is 3.96. The van der Waals surface area contributed by atoms with Crippen LogP contribution in [0, 0.1) is 5.92 Å². The molecule has 0 amide bonds. The molecule has 2 aromatic carbocycles. The average Bonchev–Trinajstić information content (AvgIpc) is 2.54. The zero-order valence-corrected chi connectivity index (χ0v) is 13.0. The van der Waals surface area contributed by atoms with Gasteiger partial charge in [0.2, 0.25) is 0 Å². The summed E-state index contributed by atoms with van der Waals surface area (Å²) in [6.45, 7) is 5.70. The summed E-state index contributed by atoms with van der Waals surface area (Å²) in [5.41, 5.74) is 7.82.